The minimum atomic E-state index is -0.0615. The normalized spacial score (nSPS) is 20.0. The van der Waals surface area contributed by atoms with Crippen LogP contribution in [0.3, 0.4) is 0 Å². The molecular formula is C19H27BrN2O3. The average Bonchev–Trinajstić information content (AvgIpc) is 2.63. The van der Waals surface area contributed by atoms with Crippen molar-refractivity contribution in [3.8, 4) is 5.75 Å². The monoisotopic (exact) mass is 410 g/mol. The third-order valence-corrected chi connectivity index (χ3v) is 5.90. The van der Waals surface area contributed by atoms with Crippen LogP contribution in [0.15, 0.2) is 16.6 Å². The molecule has 3 rings (SSSR count). The van der Waals surface area contributed by atoms with Crippen molar-refractivity contribution in [2.45, 2.75) is 26.2 Å². The number of carbonyl (C=O) groups excluding carboxylic acids is 1. The first kappa shape index (κ1) is 18.7. The lowest BCUT2D eigenvalue weighted by Crippen LogP contribution is -2.40. The van der Waals surface area contributed by atoms with Gasteiger partial charge in [-0.25, -0.2) is 0 Å². The Hall–Kier alpha value is -1.11. The second-order valence-corrected chi connectivity index (χ2v) is 7.98. The van der Waals surface area contributed by atoms with Gasteiger partial charge in [0.05, 0.1) is 23.2 Å². The number of piperidine rings is 1. The second kappa shape index (κ2) is 8.52. The summed E-state index contributed by atoms with van der Waals surface area (Å²) in [6, 6.07) is 3.59. The Kier molecular flexibility index (Phi) is 6.36. The van der Waals surface area contributed by atoms with Crippen LogP contribution in [0.25, 0.3) is 0 Å². The van der Waals surface area contributed by atoms with E-state index in [-0.39, 0.29) is 11.7 Å². The molecule has 2 saturated heterocycles. The summed E-state index contributed by atoms with van der Waals surface area (Å²) in [5.74, 6) is 0.670. The Bertz CT molecular complexity index is 609. The van der Waals surface area contributed by atoms with Crippen LogP contribution in [0, 0.1) is 12.8 Å². The van der Waals surface area contributed by atoms with Crippen LogP contribution in [-0.4, -0.2) is 66.8 Å². The first-order valence-electron chi connectivity index (χ1n) is 9.13. The lowest BCUT2D eigenvalue weighted by Gasteiger charge is -2.34. The van der Waals surface area contributed by atoms with Crippen molar-refractivity contribution in [1.29, 1.82) is 0 Å². The predicted octanol–water partition coefficient (Wildman–Crippen LogP) is 3.04. The molecule has 2 fully saturated rings. The number of morpholine rings is 1. The van der Waals surface area contributed by atoms with E-state index in [0.717, 1.165) is 64.3 Å². The van der Waals surface area contributed by atoms with E-state index in [0.29, 0.717) is 16.0 Å². The van der Waals surface area contributed by atoms with Crippen molar-refractivity contribution in [3.63, 3.8) is 0 Å². The van der Waals surface area contributed by atoms with Gasteiger partial charge in [-0.1, -0.05) is 0 Å². The van der Waals surface area contributed by atoms with Gasteiger partial charge in [0.2, 0.25) is 0 Å². The number of carbonyl (C=O) groups is 1. The first-order chi connectivity index (χ1) is 12.0. The first-order valence-corrected chi connectivity index (χ1v) is 9.92. The number of aryl methyl sites for hydroxylation is 1. The van der Waals surface area contributed by atoms with Crippen LogP contribution < -0.4 is 0 Å². The van der Waals surface area contributed by atoms with E-state index in [2.05, 4.69) is 20.8 Å². The maximum atomic E-state index is 12.8. The van der Waals surface area contributed by atoms with E-state index in [4.69, 9.17) is 4.74 Å². The topological polar surface area (TPSA) is 53.0 Å². The van der Waals surface area contributed by atoms with Gasteiger partial charge in [0.1, 0.15) is 5.75 Å². The molecule has 5 nitrogen and oxygen atoms in total. The number of halogens is 1. The number of nitrogens with zero attached hydrogens (tertiary/aromatic N) is 2. The van der Waals surface area contributed by atoms with Gasteiger partial charge in [0.15, 0.2) is 0 Å². The van der Waals surface area contributed by atoms with Crippen molar-refractivity contribution in [2.24, 2.45) is 5.92 Å². The van der Waals surface area contributed by atoms with Gasteiger partial charge in [-0.15, -0.1) is 0 Å². The fourth-order valence-corrected chi connectivity index (χ4v) is 4.26. The summed E-state index contributed by atoms with van der Waals surface area (Å²) in [6.45, 7) is 8.39. The summed E-state index contributed by atoms with van der Waals surface area (Å²) in [5, 5.41) is 10.2. The Morgan fingerprint density at radius 2 is 1.92 bits per heavy atom. The Morgan fingerprint density at radius 3 is 2.60 bits per heavy atom. The number of hydrogen-bond donors (Lipinski definition) is 1. The molecule has 2 aliphatic rings. The van der Waals surface area contributed by atoms with Gasteiger partial charge in [-0.2, -0.15) is 0 Å². The number of rotatable bonds is 4. The quantitative estimate of drug-likeness (QED) is 0.828. The van der Waals surface area contributed by atoms with Crippen LogP contribution in [0.1, 0.15) is 35.2 Å². The molecule has 1 aromatic carbocycles. The minimum absolute atomic E-state index is 0.0463. The Balaban J connectivity index is 1.51. The fourth-order valence-electron chi connectivity index (χ4n) is 3.68. The molecular weight excluding hydrogens is 384 g/mol. The smallest absolute Gasteiger partial charge is 0.257 e. The highest BCUT2D eigenvalue weighted by Gasteiger charge is 2.26. The molecule has 2 aliphatic heterocycles. The van der Waals surface area contributed by atoms with Crippen molar-refractivity contribution >= 4 is 21.8 Å². The van der Waals surface area contributed by atoms with Crippen LogP contribution >= 0.6 is 15.9 Å². The van der Waals surface area contributed by atoms with Gasteiger partial charge < -0.3 is 14.7 Å². The van der Waals surface area contributed by atoms with Gasteiger partial charge in [-0.05, 0) is 72.3 Å². The largest absolute Gasteiger partial charge is 0.506 e. The molecule has 1 aromatic rings. The Labute approximate surface area is 158 Å². The molecule has 0 aliphatic carbocycles. The predicted molar refractivity (Wildman–Crippen MR) is 101 cm³/mol. The zero-order valence-electron chi connectivity index (χ0n) is 14.8. The maximum Gasteiger partial charge on any atom is 0.257 e. The molecule has 0 spiro atoms. The van der Waals surface area contributed by atoms with Crippen molar-refractivity contribution in [3.05, 3.63) is 27.7 Å². The number of likely N-dealkylation sites (tertiary alicyclic amines) is 1. The zero-order chi connectivity index (χ0) is 17.8. The van der Waals surface area contributed by atoms with Gasteiger partial charge >= 0.3 is 0 Å². The number of ether oxygens (including phenoxy) is 1. The van der Waals surface area contributed by atoms with E-state index < -0.39 is 0 Å². The molecule has 0 atom stereocenters. The van der Waals surface area contributed by atoms with Crippen LogP contribution in [0.4, 0.5) is 0 Å². The molecule has 0 radical (unpaired) electrons. The highest BCUT2D eigenvalue weighted by atomic mass is 79.9. The molecule has 1 N–H and O–H groups in total. The molecule has 25 heavy (non-hydrogen) atoms. The lowest BCUT2D eigenvalue weighted by molar-refractivity contribution is 0.0332. The minimum Gasteiger partial charge on any atom is -0.506 e. The van der Waals surface area contributed by atoms with E-state index in [1.54, 1.807) is 6.07 Å². The summed E-state index contributed by atoms with van der Waals surface area (Å²) in [5.41, 5.74) is 1.37. The summed E-state index contributed by atoms with van der Waals surface area (Å²) in [7, 11) is 0. The number of amides is 1. The van der Waals surface area contributed by atoms with E-state index in [1.165, 1.54) is 6.42 Å². The standard InChI is InChI=1S/C19H27BrN2O3/c1-14-12-16(18(23)17(20)13-14)19(24)22-6-3-15(4-7-22)2-5-21-8-10-25-11-9-21/h12-13,15,23H,2-11H2,1H3. The van der Waals surface area contributed by atoms with Gasteiger partial charge in [-0.3, -0.25) is 9.69 Å². The third-order valence-electron chi connectivity index (χ3n) is 5.30. The molecule has 138 valence electrons. The van der Waals surface area contributed by atoms with Crippen LogP contribution in [-0.2, 0) is 4.74 Å². The number of aromatic hydroxyl groups is 1. The molecule has 1 amide bonds. The number of phenolic OH excluding ortho intramolecular Hbond substituents is 1. The second-order valence-electron chi connectivity index (χ2n) is 7.12. The summed E-state index contributed by atoms with van der Waals surface area (Å²) < 4.78 is 5.97. The van der Waals surface area contributed by atoms with Gasteiger partial charge in [0, 0.05) is 26.2 Å². The van der Waals surface area contributed by atoms with Crippen molar-refractivity contribution < 1.29 is 14.6 Å². The van der Waals surface area contributed by atoms with E-state index in [9.17, 15) is 9.90 Å². The SMILES string of the molecule is Cc1cc(Br)c(O)c(C(=O)N2CCC(CCN3CCOCC3)CC2)c1. The van der Waals surface area contributed by atoms with Crippen molar-refractivity contribution in [1.82, 2.24) is 9.80 Å². The van der Waals surface area contributed by atoms with Crippen molar-refractivity contribution in [2.75, 3.05) is 45.9 Å². The molecule has 0 aromatic heterocycles. The molecule has 2 heterocycles. The highest BCUT2D eigenvalue weighted by Crippen LogP contribution is 2.31. The summed E-state index contributed by atoms with van der Waals surface area (Å²) >= 11 is 3.32. The Morgan fingerprint density at radius 1 is 1.24 bits per heavy atom. The average molecular weight is 411 g/mol. The van der Waals surface area contributed by atoms with Gasteiger partial charge in [0.25, 0.3) is 5.91 Å². The number of hydrogen-bond acceptors (Lipinski definition) is 4. The molecule has 0 bridgehead atoms. The van der Waals surface area contributed by atoms with Crippen LogP contribution in [0.5, 0.6) is 5.75 Å². The summed E-state index contributed by atoms with van der Waals surface area (Å²) in [4.78, 5) is 17.1. The number of phenols is 1. The molecule has 0 unspecified atom stereocenters. The molecule has 0 saturated carbocycles. The molecule has 6 heteroatoms. The maximum absolute atomic E-state index is 12.8. The zero-order valence-corrected chi connectivity index (χ0v) is 16.4. The highest BCUT2D eigenvalue weighted by molar-refractivity contribution is 9.10. The van der Waals surface area contributed by atoms with E-state index >= 15 is 0 Å². The van der Waals surface area contributed by atoms with Crippen LogP contribution in [0.2, 0.25) is 0 Å². The fraction of sp³-hybridized carbons (Fsp3) is 0.632. The van der Waals surface area contributed by atoms with E-state index in [1.807, 2.05) is 17.9 Å². The summed E-state index contributed by atoms with van der Waals surface area (Å²) in [6.07, 6.45) is 3.29. The lowest BCUT2D eigenvalue weighted by atomic mass is 9.92. The third kappa shape index (κ3) is 4.74. The number of benzene rings is 1.